The van der Waals surface area contributed by atoms with Gasteiger partial charge in [-0.05, 0) is 24.1 Å². The van der Waals surface area contributed by atoms with Crippen LogP contribution in [0, 0.1) is 5.82 Å². The fourth-order valence-corrected chi connectivity index (χ4v) is 3.57. The molecule has 1 unspecified atom stereocenters. The fourth-order valence-electron chi connectivity index (χ4n) is 3.40. The summed E-state index contributed by atoms with van der Waals surface area (Å²) in [4.78, 5) is 28.2. The van der Waals surface area contributed by atoms with E-state index in [9.17, 15) is 14.0 Å². The standard InChI is InChI=1S/C16H19ClFN3O2/c17-9-14(22)20-7-8-21(10-12-1-3-13(18)4-2-12)16(11-20)5-6-19-15(16)23/h1-4H,5-11H2,(H,19,23). The van der Waals surface area contributed by atoms with Crippen LogP contribution in [-0.4, -0.2) is 59.2 Å². The van der Waals surface area contributed by atoms with Gasteiger partial charge in [0, 0.05) is 32.7 Å². The van der Waals surface area contributed by atoms with E-state index in [0.29, 0.717) is 39.1 Å². The second-order valence-corrected chi connectivity index (χ2v) is 6.30. The zero-order valence-corrected chi connectivity index (χ0v) is 13.5. The predicted octanol–water partition coefficient (Wildman–Crippen LogP) is 0.967. The first-order chi connectivity index (χ1) is 11.0. The molecule has 3 rings (SSSR count). The zero-order chi connectivity index (χ0) is 16.4. The second kappa shape index (κ2) is 6.45. The number of nitrogens with one attached hydrogen (secondary N) is 1. The molecule has 1 spiro atoms. The van der Waals surface area contributed by atoms with Crippen LogP contribution in [0.15, 0.2) is 24.3 Å². The van der Waals surface area contributed by atoms with Gasteiger partial charge in [0.1, 0.15) is 17.2 Å². The Morgan fingerprint density at radius 3 is 2.65 bits per heavy atom. The topological polar surface area (TPSA) is 52.7 Å². The molecular weight excluding hydrogens is 321 g/mol. The fraction of sp³-hybridized carbons (Fsp3) is 0.500. The van der Waals surface area contributed by atoms with E-state index in [-0.39, 0.29) is 23.5 Å². The Hall–Kier alpha value is -1.66. The molecule has 0 aliphatic carbocycles. The number of benzene rings is 1. The summed E-state index contributed by atoms with van der Waals surface area (Å²) in [5.74, 6) is -0.547. The largest absolute Gasteiger partial charge is 0.354 e. The molecule has 0 saturated carbocycles. The average molecular weight is 340 g/mol. The van der Waals surface area contributed by atoms with Gasteiger partial charge in [-0.1, -0.05) is 12.1 Å². The predicted molar refractivity (Wildman–Crippen MR) is 84.5 cm³/mol. The van der Waals surface area contributed by atoms with Crippen LogP contribution in [0.2, 0.25) is 0 Å². The molecule has 124 valence electrons. The molecule has 5 nitrogen and oxygen atoms in total. The highest BCUT2D eigenvalue weighted by Gasteiger charge is 2.51. The molecule has 2 aliphatic rings. The van der Waals surface area contributed by atoms with Crippen molar-refractivity contribution in [1.29, 1.82) is 0 Å². The van der Waals surface area contributed by atoms with Gasteiger partial charge in [0.25, 0.3) is 0 Å². The molecule has 0 aromatic heterocycles. The van der Waals surface area contributed by atoms with Crippen LogP contribution in [0.3, 0.4) is 0 Å². The first-order valence-electron chi connectivity index (χ1n) is 7.67. The summed E-state index contributed by atoms with van der Waals surface area (Å²) >= 11 is 5.66. The van der Waals surface area contributed by atoms with E-state index < -0.39 is 5.54 Å². The van der Waals surface area contributed by atoms with Crippen molar-refractivity contribution in [3.63, 3.8) is 0 Å². The van der Waals surface area contributed by atoms with Crippen molar-refractivity contribution in [3.8, 4) is 0 Å². The first-order valence-corrected chi connectivity index (χ1v) is 8.20. The minimum absolute atomic E-state index is 0.0494. The van der Waals surface area contributed by atoms with Crippen molar-refractivity contribution < 1.29 is 14.0 Å². The number of carbonyl (C=O) groups excluding carboxylic acids is 2. The SMILES string of the molecule is O=C(CCl)N1CCN(Cc2ccc(F)cc2)C2(CCNC2=O)C1. The first kappa shape index (κ1) is 16.2. The van der Waals surface area contributed by atoms with Gasteiger partial charge in [0.2, 0.25) is 11.8 Å². The molecule has 2 fully saturated rings. The lowest BCUT2D eigenvalue weighted by atomic mass is 9.91. The number of hydrogen-bond donors (Lipinski definition) is 1. The molecule has 2 saturated heterocycles. The van der Waals surface area contributed by atoms with E-state index in [1.807, 2.05) is 0 Å². The Kier molecular flexibility index (Phi) is 4.55. The van der Waals surface area contributed by atoms with E-state index in [1.165, 1.54) is 12.1 Å². The number of hydrogen-bond acceptors (Lipinski definition) is 3. The number of piperazine rings is 1. The Labute approximate surface area is 139 Å². The molecule has 7 heteroatoms. The van der Waals surface area contributed by atoms with Crippen molar-refractivity contribution in [2.75, 3.05) is 32.1 Å². The summed E-state index contributed by atoms with van der Waals surface area (Å²) < 4.78 is 13.1. The van der Waals surface area contributed by atoms with Crippen LogP contribution < -0.4 is 5.32 Å². The monoisotopic (exact) mass is 339 g/mol. The molecule has 0 bridgehead atoms. The number of alkyl halides is 1. The number of amides is 2. The summed E-state index contributed by atoms with van der Waals surface area (Å²) in [7, 11) is 0. The van der Waals surface area contributed by atoms with Crippen molar-refractivity contribution in [1.82, 2.24) is 15.1 Å². The highest BCUT2D eigenvalue weighted by Crippen LogP contribution is 2.30. The minimum atomic E-state index is -0.714. The van der Waals surface area contributed by atoms with Crippen LogP contribution in [0.4, 0.5) is 4.39 Å². The van der Waals surface area contributed by atoms with Crippen LogP contribution in [-0.2, 0) is 16.1 Å². The number of rotatable bonds is 3. The lowest BCUT2D eigenvalue weighted by Crippen LogP contribution is -2.66. The van der Waals surface area contributed by atoms with Gasteiger partial charge in [0.15, 0.2) is 0 Å². The van der Waals surface area contributed by atoms with Crippen molar-refractivity contribution >= 4 is 23.4 Å². The van der Waals surface area contributed by atoms with Crippen molar-refractivity contribution in [2.24, 2.45) is 0 Å². The summed E-state index contributed by atoms with van der Waals surface area (Å²) in [6.07, 6.45) is 0.652. The van der Waals surface area contributed by atoms with Crippen molar-refractivity contribution in [2.45, 2.75) is 18.5 Å². The van der Waals surface area contributed by atoms with E-state index in [0.717, 1.165) is 5.56 Å². The molecule has 2 heterocycles. The van der Waals surface area contributed by atoms with Gasteiger partial charge in [-0.3, -0.25) is 14.5 Å². The molecule has 1 atom stereocenters. The van der Waals surface area contributed by atoms with E-state index in [1.54, 1.807) is 17.0 Å². The van der Waals surface area contributed by atoms with Crippen LogP contribution in [0.25, 0.3) is 0 Å². The molecule has 2 aliphatic heterocycles. The minimum Gasteiger partial charge on any atom is -0.354 e. The van der Waals surface area contributed by atoms with Gasteiger partial charge < -0.3 is 10.2 Å². The van der Waals surface area contributed by atoms with E-state index in [2.05, 4.69) is 10.2 Å². The molecule has 23 heavy (non-hydrogen) atoms. The molecule has 1 aromatic rings. The van der Waals surface area contributed by atoms with Crippen LogP contribution >= 0.6 is 11.6 Å². The van der Waals surface area contributed by atoms with E-state index in [4.69, 9.17) is 11.6 Å². The quantitative estimate of drug-likeness (QED) is 0.835. The van der Waals surface area contributed by atoms with Gasteiger partial charge >= 0.3 is 0 Å². The zero-order valence-electron chi connectivity index (χ0n) is 12.7. The maximum absolute atomic E-state index is 13.1. The third-order valence-corrected chi connectivity index (χ3v) is 4.93. The summed E-state index contributed by atoms with van der Waals surface area (Å²) in [6.45, 7) is 2.64. The average Bonchev–Trinajstić information content (AvgIpc) is 2.92. The number of nitrogens with zero attached hydrogens (tertiary/aromatic N) is 2. The van der Waals surface area contributed by atoms with Crippen LogP contribution in [0.5, 0.6) is 0 Å². The number of carbonyl (C=O) groups is 2. The molecular formula is C16H19ClFN3O2. The van der Waals surface area contributed by atoms with Gasteiger partial charge in [-0.25, -0.2) is 4.39 Å². The number of halogens is 2. The third kappa shape index (κ3) is 3.05. The summed E-state index contributed by atoms with van der Waals surface area (Å²) in [5.41, 5.74) is 0.233. The molecule has 1 aromatic carbocycles. The lowest BCUT2D eigenvalue weighted by molar-refractivity contribution is -0.142. The molecule has 1 N–H and O–H groups in total. The highest BCUT2D eigenvalue weighted by molar-refractivity contribution is 6.27. The Morgan fingerprint density at radius 1 is 1.30 bits per heavy atom. The summed E-state index contributed by atoms with van der Waals surface area (Å²) in [5, 5.41) is 2.87. The Morgan fingerprint density at radius 2 is 2.04 bits per heavy atom. The molecule has 0 radical (unpaired) electrons. The smallest absolute Gasteiger partial charge is 0.242 e. The highest BCUT2D eigenvalue weighted by atomic mass is 35.5. The molecule has 2 amide bonds. The maximum atomic E-state index is 13.1. The Balaban J connectivity index is 1.82. The normalized spacial score (nSPS) is 25.0. The van der Waals surface area contributed by atoms with Gasteiger partial charge in [-0.15, -0.1) is 11.6 Å². The summed E-state index contributed by atoms with van der Waals surface area (Å²) in [6, 6.07) is 6.30. The van der Waals surface area contributed by atoms with Crippen LogP contribution in [0.1, 0.15) is 12.0 Å². The Bertz CT molecular complexity index is 610. The van der Waals surface area contributed by atoms with E-state index >= 15 is 0 Å². The second-order valence-electron chi connectivity index (χ2n) is 6.03. The van der Waals surface area contributed by atoms with Gasteiger partial charge in [0.05, 0.1) is 0 Å². The lowest BCUT2D eigenvalue weighted by Gasteiger charge is -2.47. The third-order valence-electron chi connectivity index (χ3n) is 4.70. The van der Waals surface area contributed by atoms with Crippen molar-refractivity contribution in [3.05, 3.63) is 35.6 Å². The van der Waals surface area contributed by atoms with Gasteiger partial charge in [-0.2, -0.15) is 0 Å². The maximum Gasteiger partial charge on any atom is 0.242 e.